The van der Waals surface area contributed by atoms with Crippen LogP contribution in [0.5, 0.6) is 0 Å². The highest BCUT2D eigenvalue weighted by Gasteiger charge is 2.19. The van der Waals surface area contributed by atoms with Crippen molar-refractivity contribution in [3.05, 3.63) is 59.6 Å². The van der Waals surface area contributed by atoms with Gasteiger partial charge in [0.05, 0.1) is 18.6 Å². The number of nitrogens with two attached hydrogens (primary N) is 1. The predicted molar refractivity (Wildman–Crippen MR) is 58.8 cm³/mol. The monoisotopic (exact) mass is 238 g/mol. The molecule has 2 rings (SSSR count). The van der Waals surface area contributed by atoms with Crippen molar-refractivity contribution in [2.75, 3.05) is 0 Å². The number of hydrogen-bond acceptors (Lipinski definition) is 3. The molecule has 1 unspecified atom stereocenters. The number of hydrogen-bond donors (Lipinski definition) is 2. The molecule has 90 valence electrons. The Balaban J connectivity index is 2.29. The van der Waals surface area contributed by atoms with Crippen LogP contribution in [0.2, 0.25) is 0 Å². The van der Waals surface area contributed by atoms with Gasteiger partial charge in [0.1, 0.15) is 11.6 Å². The molecule has 17 heavy (non-hydrogen) atoms. The second-order valence-corrected chi connectivity index (χ2v) is 3.69. The molecular formula is C12H12F2N2O. The van der Waals surface area contributed by atoms with Gasteiger partial charge in [-0.15, -0.1) is 0 Å². The molecule has 0 spiro atoms. The van der Waals surface area contributed by atoms with E-state index in [1.807, 2.05) is 0 Å². The Kier molecular flexibility index (Phi) is 3.51. The zero-order valence-corrected chi connectivity index (χ0v) is 8.99. The Bertz CT molecular complexity index is 465. The van der Waals surface area contributed by atoms with E-state index in [2.05, 4.69) is 5.43 Å². The molecule has 3 nitrogen and oxygen atoms in total. The fourth-order valence-electron chi connectivity index (χ4n) is 1.73. The number of nitrogens with one attached hydrogen (secondary N) is 1. The quantitative estimate of drug-likeness (QED) is 0.634. The Hall–Kier alpha value is -1.72. The van der Waals surface area contributed by atoms with Gasteiger partial charge in [0, 0.05) is 5.56 Å². The zero-order valence-electron chi connectivity index (χ0n) is 8.99. The summed E-state index contributed by atoms with van der Waals surface area (Å²) in [5, 5.41) is 0. The van der Waals surface area contributed by atoms with Crippen molar-refractivity contribution in [3.8, 4) is 0 Å². The van der Waals surface area contributed by atoms with Gasteiger partial charge in [0.15, 0.2) is 0 Å². The summed E-state index contributed by atoms with van der Waals surface area (Å²) in [5.74, 6) is 4.12. The highest BCUT2D eigenvalue weighted by molar-refractivity contribution is 5.25. The van der Waals surface area contributed by atoms with Crippen LogP contribution in [0.3, 0.4) is 0 Å². The van der Waals surface area contributed by atoms with Crippen LogP contribution in [0.1, 0.15) is 17.2 Å². The second-order valence-electron chi connectivity index (χ2n) is 3.69. The van der Waals surface area contributed by atoms with Crippen LogP contribution < -0.4 is 11.3 Å². The molecule has 5 heteroatoms. The molecule has 1 heterocycles. The lowest BCUT2D eigenvalue weighted by molar-refractivity contribution is 0.470. The molecule has 2 aromatic rings. The number of rotatable bonds is 4. The molecule has 0 fully saturated rings. The average Bonchev–Trinajstić information content (AvgIpc) is 2.80. The summed E-state index contributed by atoms with van der Waals surface area (Å²) < 4.78 is 32.0. The van der Waals surface area contributed by atoms with E-state index in [9.17, 15) is 8.78 Å². The Morgan fingerprint density at radius 3 is 2.47 bits per heavy atom. The molecule has 0 radical (unpaired) electrons. The van der Waals surface area contributed by atoms with Crippen LogP contribution >= 0.6 is 0 Å². The maximum atomic E-state index is 13.6. The van der Waals surface area contributed by atoms with Gasteiger partial charge in [-0.3, -0.25) is 11.3 Å². The van der Waals surface area contributed by atoms with E-state index in [1.165, 1.54) is 30.7 Å². The van der Waals surface area contributed by atoms with Crippen LogP contribution in [0.25, 0.3) is 0 Å². The van der Waals surface area contributed by atoms with Crippen molar-refractivity contribution in [2.45, 2.75) is 12.5 Å². The van der Waals surface area contributed by atoms with Gasteiger partial charge in [-0.25, -0.2) is 8.78 Å². The van der Waals surface area contributed by atoms with Gasteiger partial charge >= 0.3 is 0 Å². The van der Waals surface area contributed by atoms with Crippen LogP contribution in [0, 0.1) is 11.6 Å². The molecule has 0 amide bonds. The van der Waals surface area contributed by atoms with E-state index in [0.29, 0.717) is 6.42 Å². The summed E-state index contributed by atoms with van der Waals surface area (Å²) in [6.45, 7) is 0. The molecule has 1 aromatic carbocycles. The van der Waals surface area contributed by atoms with Crippen LogP contribution in [0.4, 0.5) is 8.78 Å². The van der Waals surface area contributed by atoms with Gasteiger partial charge < -0.3 is 4.42 Å². The summed E-state index contributed by atoms with van der Waals surface area (Å²) in [4.78, 5) is 0. The summed E-state index contributed by atoms with van der Waals surface area (Å²) in [6.07, 6.45) is 3.37. The van der Waals surface area contributed by atoms with Crippen molar-refractivity contribution in [2.24, 2.45) is 5.84 Å². The lowest BCUT2D eigenvalue weighted by Crippen LogP contribution is -2.31. The summed E-state index contributed by atoms with van der Waals surface area (Å²) in [6, 6.07) is 4.83. The highest BCUT2D eigenvalue weighted by atomic mass is 19.1. The number of halogens is 2. The number of benzene rings is 1. The van der Waals surface area contributed by atoms with Crippen molar-refractivity contribution in [3.63, 3.8) is 0 Å². The molecule has 1 atom stereocenters. The fraction of sp³-hybridized carbons (Fsp3) is 0.167. The minimum atomic E-state index is -0.631. The van der Waals surface area contributed by atoms with Crippen LogP contribution in [-0.2, 0) is 6.42 Å². The minimum absolute atomic E-state index is 0.0591. The Morgan fingerprint density at radius 2 is 1.94 bits per heavy atom. The molecule has 0 bridgehead atoms. The van der Waals surface area contributed by atoms with Gasteiger partial charge in [0.25, 0.3) is 0 Å². The maximum absolute atomic E-state index is 13.6. The average molecular weight is 238 g/mol. The highest BCUT2D eigenvalue weighted by Crippen LogP contribution is 2.23. The van der Waals surface area contributed by atoms with E-state index in [-0.39, 0.29) is 5.56 Å². The van der Waals surface area contributed by atoms with E-state index in [0.717, 1.165) is 5.56 Å². The van der Waals surface area contributed by atoms with Gasteiger partial charge in [-0.2, -0.15) is 0 Å². The van der Waals surface area contributed by atoms with Crippen molar-refractivity contribution >= 4 is 0 Å². The van der Waals surface area contributed by atoms with Crippen molar-refractivity contribution in [1.82, 2.24) is 5.43 Å². The SMILES string of the molecule is NNC(Cc1ccoc1)c1c(F)cccc1F. The molecule has 1 aromatic heterocycles. The smallest absolute Gasteiger partial charge is 0.130 e. The first-order valence-corrected chi connectivity index (χ1v) is 5.13. The molecule has 0 aliphatic rings. The first-order valence-electron chi connectivity index (χ1n) is 5.13. The Labute approximate surface area is 97.2 Å². The van der Waals surface area contributed by atoms with Gasteiger partial charge in [-0.05, 0) is 30.2 Å². The molecule has 0 saturated carbocycles. The topological polar surface area (TPSA) is 51.2 Å². The minimum Gasteiger partial charge on any atom is -0.472 e. The normalized spacial score (nSPS) is 12.6. The predicted octanol–water partition coefficient (Wildman–Crippen LogP) is 2.30. The molecular weight excluding hydrogens is 226 g/mol. The fourth-order valence-corrected chi connectivity index (χ4v) is 1.73. The Morgan fingerprint density at radius 1 is 1.24 bits per heavy atom. The lowest BCUT2D eigenvalue weighted by atomic mass is 10.00. The van der Waals surface area contributed by atoms with Crippen LogP contribution in [0.15, 0.2) is 41.2 Å². The zero-order chi connectivity index (χ0) is 12.3. The van der Waals surface area contributed by atoms with Crippen LogP contribution in [-0.4, -0.2) is 0 Å². The third-order valence-electron chi connectivity index (χ3n) is 2.57. The first kappa shape index (κ1) is 11.8. The summed E-state index contributed by atoms with van der Waals surface area (Å²) in [5.41, 5.74) is 3.17. The summed E-state index contributed by atoms with van der Waals surface area (Å²) >= 11 is 0. The maximum Gasteiger partial charge on any atom is 0.130 e. The third kappa shape index (κ3) is 2.51. The van der Waals surface area contributed by atoms with Crippen molar-refractivity contribution < 1.29 is 13.2 Å². The molecule has 3 N–H and O–H groups in total. The summed E-state index contributed by atoms with van der Waals surface area (Å²) in [7, 11) is 0. The van der Waals surface area contributed by atoms with Crippen molar-refractivity contribution in [1.29, 1.82) is 0 Å². The molecule has 0 aliphatic heterocycles. The van der Waals surface area contributed by atoms with Gasteiger partial charge in [0.2, 0.25) is 0 Å². The first-order chi connectivity index (χ1) is 8.22. The largest absolute Gasteiger partial charge is 0.472 e. The third-order valence-corrected chi connectivity index (χ3v) is 2.57. The molecule has 0 aliphatic carbocycles. The molecule has 0 saturated heterocycles. The van der Waals surface area contributed by atoms with E-state index < -0.39 is 17.7 Å². The lowest BCUT2D eigenvalue weighted by Gasteiger charge is -2.16. The van der Waals surface area contributed by atoms with E-state index in [1.54, 1.807) is 6.07 Å². The number of hydrazine groups is 1. The van der Waals surface area contributed by atoms with E-state index in [4.69, 9.17) is 10.3 Å². The number of furan rings is 1. The standard InChI is InChI=1S/C12H12F2N2O/c13-9-2-1-3-10(14)12(9)11(16-15)6-8-4-5-17-7-8/h1-5,7,11,16H,6,15H2. The van der Waals surface area contributed by atoms with E-state index >= 15 is 0 Å². The van der Waals surface area contributed by atoms with Gasteiger partial charge in [-0.1, -0.05) is 6.07 Å². The second kappa shape index (κ2) is 5.07.